The van der Waals surface area contributed by atoms with Crippen molar-refractivity contribution in [3.63, 3.8) is 0 Å². The second-order valence-corrected chi connectivity index (χ2v) is 19.2. The minimum atomic E-state index is -2.14. The van der Waals surface area contributed by atoms with Gasteiger partial charge in [0.25, 0.3) is 0 Å². The van der Waals surface area contributed by atoms with Gasteiger partial charge in [0.1, 0.15) is 18.5 Å². The van der Waals surface area contributed by atoms with Crippen LogP contribution in [-0.2, 0) is 28.2 Å². The molecule has 0 unspecified atom stereocenters. The summed E-state index contributed by atoms with van der Waals surface area (Å²) in [5.74, 6) is -2.01. The number of methoxy groups -OCH3 is 1. The smallest absolute Gasteiger partial charge is 0.338 e. The Morgan fingerprint density at radius 2 is 1.84 bits per heavy atom. The Morgan fingerprint density at radius 3 is 2.37 bits per heavy atom. The lowest BCUT2D eigenvalue weighted by Crippen LogP contribution is -2.58. The van der Waals surface area contributed by atoms with Crippen LogP contribution in [0.5, 0.6) is 0 Å². The van der Waals surface area contributed by atoms with E-state index in [1.165, 1.54) is 0 Å². The number of carbonyl (C=O) groups excluding carboxylic acids is 2. The van der Waals surface area contributed by atoms with E-state index < -0.39 is 56.0 Å². The number of aliphatic hydroxyl groups excluding tert-OH is 1. The zero-order valence-electron chi connectivity index (χ0n) is 27.8. The first-order chi connectivity index (χ1) is 19.9. The van der Waals surface area contributed by atoms with Crippen molar-refractivity contribution in [3.05, 3.63) is 48.6 Å². The second kappa shape index (κ2) is 13.6. The molecule has 1 aromatic carbocycles. The number of hydrogen-bond acceptors (Lipinski definition) is 8. The lowest BCUT2D eigenvalue weighted by atomic mass is 9.72. The fraction of sp³-hybridized carbons (Fsp3) is 0.706. The van der Waals surface area contributed by atoms with E-state index in [4.69, 9.17) is 23.4 Å². The van der Waals surface area contributed by atoms with E-state index in [2.05, 4.69) is 47.4 Å². The number of hydrogen-bond donors (Lipinski definition) is 1. The molecule has 8 nitrogen and oxygen atoms in total. The van der Waals surface area contributed by atoms with E-state index >= 15 is 0 Å². The van der Waals surface area contributed by atoms with Gasteiger partial charge in [-0.25, -0.2) is 4.79 Å². The van der Waals surface area contributed by atoms with Gasteiger partial charge in [0, 0.05) is 37.7 Å². The molecule has 0 aromatic heterocycles. The summed E-state index contributed by atoms with van der Waals surface area (Å²) < 4.78 is 32.3. The fourth-order valence-electron chi connectivity index (χ4n) is 5.89. The highest BCUT2D eigenvalue weighted by molar-refractivity contribution is 6.74. The van der Waals surface area contributed by atoms with Gasteiger partial charge in [0.15, 0.2) is 14.1 Å². The topological polar surface area (TPSA) is 101 Å². The van der Waals surface area contributed by atoms with E-state index in [1.807, 2.05) is 32.9 Å². The van der Waals surface area contributed by atoms with Crippen LogP contribution in [0.1, 0.15) is 78.1 Å². The molecule has 3 rings (SSSR count). The molecule has 1 N–H and O–H groups in total. The molecule has 0 radical (unpaired) electrons. The Kier molecular flexibility index (Phi) is 11.3. The molecular weight excluding hydrogens is 564 g/mol. The third kappa shape index (κ3) is 7.34. The number of benzene rings is 1. The van der Waals surface area contributed by atoms with Crippen LogP contribution in [0.25, 0.3) is 0 Å². The molecule has 9 atom stereocenters. The molecule has 2 heterocycles. The van der Waals surface area contributed by atoms with Crippen LogP contribution in [-0.4, -0.2) is 75.2 Å². The summed E-state index contributed by atoms with van der Waals surface area (Å²) >= 11 is 0. The van der Waals surface area contributed by atoms with Crippen molar-refractivity contribution in [3.8, 4) is 0 Å². The summed E-state index contributed by atoms with van der Waals surface area (Å²) in [5, 5.41) is 11.8. The quantitative estimate of drug-likeness (QED) is 0.126. The maximum atomic E-state index is 13.1. The van der Waals surface area contributed by atoms with Crippen molar-refractivity contribution in [1.82, 2.24) is 0 Å². The third-order valence-corrected chi connectivity index (χ3v) is 14.8. The van der Waals surface area contributed by atoms with Gasteiger partial charge in [-0.1, -0.05) is 72.7 Å². The summed E-state index contributed by atoms with van der Waals surface area (Å²) in [6, 6.07) is 8.81. The average Bonchev–Trinajstić information content (AvgIpc) is 3.13. The molecule has 2 aliphatic heterocycles. The van der Waals surface area contributed by atoms with Crippen LogP contribution in [0.3, 0.4) is 0 Å². The summed E-state index contributed by atoms with van der Waals surface area (Å²) in [5.41, 5.74) is -0.484. The molecule has 2 aliphatic rings. The molecule has 1 spiro atoms. The summed E-state index contributed by atoms with van der Waals surface area (Å²) in [4.78, 5) is 24.8. The van der Waals surface area contributed by atoms with Crippen molar-refractivity contribution in [2.45, 2.75) is 128 Å². The van der Waals surface area contributed by atoms with Gasteiger partial charge >= 0.3 is 5.97 Å². The fourth-order valence-corrected chi connectivity index (χ4v) is 7.31. The van der Waals surface area contributed by atoms with E-state index in [9.17, 15) is 14.7 Å². The van der Waals surface area contributed by atoms with Gasteiger partial charge in [0.2, 0.25) is 0 Å². The predicted molar refractivity (Wildman–Crippen MR) is 169 cm³/mol. The maximum absolute atomic E-state index is 13.1. The van der Waals surface area contributed by atoms with Crippen molar-refractivity contribution in [2.24, 2.45) is 17.3 Å². The zero-order chi connectivity index (χ0) is 32.4. The molecule has 0 bridgehead atoms. The Morgan fingerprint density at radius 1 is 1.21 bits per heavy atom. The maximum Gasteiger partial charge on any atom is 0.338 e. The van der Waals surface area contributed by atoms with Crippen molar-refractivity contribution in [2.75, 3.05) is 7.11 Å². The van der Waals surface area contributed by atoms with Crippen molar-refractivity contribution >= 4 is 20.6 Å². The summed E-state index contributed by atoms with van der Waals surface area (Å²) in [6.45, 7) is 22.9. The summed E-state index contributed by atoms with van der Waals surface area (Å²) in [6.07, 6.45) is -0.135. The SMILES string of the molecule is C=C[C@H](C)[C@@H](C[C@H](OC)[C@@H]1O[C@]2(C[C@@H](OC(=O)c3ccccc3)[C@H](C)[C@H](CC=O)O2)C(C)(C)[C@H]1O)O[Si](C)(C)C(C)(C)C. The van der Waals surface area contributed by atoms with E-state index in [1.54, 1.807) is 31.4 Å². The molecule has 242 valence electrons. The van der Waals surface area contributed by atoms with E-state index in [0.717, 1.165) is 6.29 Å². The second-order valence-electron chi connectivity index (χ2n) is 14.5. The molecule has 0 amide bonds. The highest BCUT2D eigenvalue weighted by Gasteiger charge is 2.66. The monoisotopic (exact) mass is 618 g/mol. The molecular formula is C34H54O8Si. The van der Waals surface area contributed by atoms with E-state index in [0.29, 0.717) is 12.0 Å². The lowest BCUT2D eigenvalue weighted by Gasteiger charge is -2.50. The first kappa shape index (κ1) is 35.6. The minimum Gasteiger partial charge on any atom is -0.458 e. The van der Waals surface area contributed by atoms with Crippen molar-refractivity contribution < 1.29 is 38.1 Å². The van der Waals surface area contributed by atoms with Gasteiger partial charge in [-0.05, 0) is 36.2 Å². The molecule has 2 saturated heterocycles. The Hall–Kier alpha value is -1.88. The molecule has 9 heteroatoms. The van der Waals surface area contributed by atoms with Crippen LogP contribution in [0.4, 0.5) is 0 Å². The number of aldehydes is 1. The van der Waals surface area contributed by atoms with Gasteiger partial charge in [-0.2, -0.15) is 0 Å². The molecule has 43 heavy (non-hydrogen) atoms. The van der Waals surface area contributed by atoms with E-state index in [-0.39, 0.29) is 35.8 Å². The number of rotatable bonds is 12. The number of carbonyl (C=O) groups is 2. The first-order valence-electron chi connectivity index (χ1n) is 15.5. The highest BCUT2D eigenvalue weighted by atomic mass is 28.4. The van der Waals surface area contributed by atoms with Crippen LogP contribution < -0.4 is 0 Å². The number of esters is 1. The predicted octanol–water partition coefficient (Wildman–Crippen LogP) is 6.33. The Labute approximate surface area is 259 Å². The summed E-state index contributed by atoms with van der Waals surface area (Å²) in [7, 11) is -0.527. The molecule has 2 fully saturated rings. The van der Waals surface area contributed by atoms with Crippen LogP contribution in [0, 0.1) is 17.3 Å². The zero-order valence-corrected chi connectivity index (χ0v) is 28.8. The highest BCUT2D eigenvalue weighted by Crippen LogP contribution is 2.55. The Bertz CT molecular complexity index is 1100. The normalized spacial score (nSPS) is 31.3. The molecule has 0 saturated carbocycles. The van der Waals surface area contributed by atoms with Gasteiger partial charge in [-0.15, -0.1) is 6.58 Å². The van der Waals surface area contributed by atoms with Crippen LogP contribution in [0.15, 0.2) is 43.0 Å². The molecule has 1 aromatic rings. The van der Waals surface area contributed by atoms with Gasteiger partial charge < -0.3 is 33.3 Å². The number of ether oxygens (including phenoxy) is 4. The standard InChI is InChI=1S/C34H54O8Si/c1-12-22(2)26(42-43(10,11)32(4,5)6)20-27(38-9)29-30(36)33(7,8)34(41-29)21-28(23(3)25(40-34)18-19-35)39-31(37)24-16-14-13-15-17-24/h12-17,19,22-23,25-30,36H,1,18,20-21H2,2-11H3/t22-,23+,25-,26+,27-,28+,29-,30-,34+/m0/s1. The van der Waals surface area contributed by atoms with Gasteiger partial charge in [-0.3, -0.25) is 0 Å². The Balaban J connectivity index is 1.93. The number of aliphatic hydroxyl groups is 1. The first-order valence-corrected chi connectivity index (χ1v) is 18.4. The molecule has 0 aliphatic carbocycles. The average molecular weight is 619 g/mol. The minimum absolute atomic E-state index is 0.0105. The van der Waals surface area contributed by atoms with Crippen LogP contribution >= 0.6 is 0 Å². The largest absolute Gasteiger partial charge is 0.458 e. The van der Waals surface area contributed by atoms with Gasteiger partial charge in [0.05, 0.1) is 30.0 Å². The van der Waals surface area contributed by atoms with Crippen molar-refractivity contribution in [1.29, 1.82) is 0 Å². The van der Waals surface area contributed by atoms with Crippen LogP contribution in [0.2, 0.25) is 18.1 Å². The lowest BCUT2D eigenvalue weighted by molar-refractivity contribution is -0.333. The third-order valence-electron chi connectivity index (χ3n) is 10.3.